The van der Waals surface area contributed by atoms with Crippen LogP contribution in [0.4, 0.5) is 0 Å². The number of hydrogen-bond donors (Lipinski definition) is 0. The predicted molar refractivity (Wildman–Crippen MR) is 109 cm³/mol. The third kappa shape index (κ3) is 3.26. The van der Waals surface area contributed by atoms with Crippen molar-refractivity contribution >= 4 is 11.8 Å². The van der Waals surface area contributed by atoms with Crippen LogP contribution in [0.2, 0.25) is 0 Å². The highest BCUT2D eigenvalue weighted by Gasteiger charge is 2.49. The molecular formula is C24H27NO3. The van der Waals surface area contributed by atoms with Crippen LogP contribution >= 0.6 is 0 Å². The minimum Gasteiger partial charge on any atom is -0.469 e. The molecule has 4 atom stereocenters. The molecule has 0 N–H and O–H groups in total. The van der Waals surface area contributed by atoms with Gasteiger partial charge >= 0.3 is 5.97 Å². The van der Waals surface area contributed by atoms with Gasteiger partial charge in [-0.05, 0) is 49.9 Å². The number of hydrogen-bond acceptors (Lipinski definition) is 4. The molecular weight excluding hydrogens is 350 g/mol. The zero-order valence-corrected chi connectivity index (χ0v) is 16.7. The largest absolute Gasteiger partial charge is 0.469 e. The Morgan fingerprint density at radius 3 is 2.14 bits per heavy atom. The Labute approximate surface area is 166 Å². The number of rotatable bonds is 4. The summed E-state index contributed by atoms with van der Waals surface area (Å²) in [5, 5.41) is 0. The van der Waals surface area contributed by atoms with E-state index in [0.717, 1.165) is 36.0 Å². The number of Topliss-reactive ketones (excluding diaryl/α,β-unsaturated/α-hetero) is 1. The number of esters is 1. The van der Waals surface area contributed by atoms with Gasteiger partial charge in [-0.2, -0.15) is 0 Å². The normalized spacial score (nSPS) is 26.8. The predicted octanol–water partition coefficient (Wildman–Crippen LogP) is 4.30. The molecule has 4 nitrogen and oxygen atoms in total. The molecule has 146 valence electrons. The van der Waals surface area contributed by atoms with Crippen molar-refractivity contribution in [3.05, 3.63) is 59.7 Å². The van der Waals surface area contributed by atoms with Gasteiger partial charge < -0.3 is 4.74 Å². The Hall–Kier alpha value is -2.46. The summed E-state index contributed by atoms with van der Waals surface area (Å²) in [5.74, 6) is 0.0866. The fraction of sp³-hybridized carbons (Fsp3) is 0.417. The molecule has 2 fully saturated rings. The lowest BCUT2D eigenvalue weighted by molar-refractivity contribution is -0.150. The van der Waals surface area contributed by atoms with Crippen LogP contribution in [0.25, 0.3) is 11.1 Å². The maximum Gasteiger partial charge on any atom is 0.310 e. The lowest BCUT2D eigenvalue weighted by Crippen LogP contribution is -2.49. The number of carbonyl (C=O) groups excluding carboxylic acids is 2. The molecule has 28 heavy (non-hydrogen) atoms. The molecule has 2 bridgehead atoms. The van der Waals surface area contributed by atoms with Crippen LogP contribution in [0.5, 0.6) is 0 Å². The number of fused-ring (bicyclic) bond motifs is 2. The van der Waals surface area contributed by atoms with E-state index in [1.807, 2.05) is 24.3 Å². The zero-order valence-electron chi connectivity index (χ0n) is 16.7. The fourth-order valence-electron chi connectivity index (χ4n) is 5.09. The molecule has 2 aromatic carbocycles. The quantitative estimate of drug-likeness (QED) is 0.589. The number of methoxy groups -OCH3 is 1. The van der Waals surface area contributed by atoms with E-state index in [-0.39, 0.29) is 29.6 Å². The molecule has 2 unspecified atom stereocenters. The number of ketones is 1. The molecule has 0 amide bonds. The van der Waals surface area contributed by atoms with Crippen LogP contribution < -0.4 is 0 Å². The molecule has 0 aromatic heterocycles. The number of nitrogens with zero attached hydrogens (tertiary/aromatic N) is 1. The summed E-state index contributed by atoms with van der Waals surface area (Å²) < 4.78 is 5.17. The molecule has 0 aliphatic carbocycles. The third-order valence-electron chi connectivity index (χ3n) is 6.71. The maximum absolute atomic E-state index is 12.6. The van der Waals surface area contributed by atoms with E-state index in [0.29, 0.717) is 6.04 Å². The van der Waals surface area contributed by atoms with Gasteiger partial charge in [0.1, 0.15) is 0 Å². The smallest absolute Gasteiger partial charge is 0.310 e. The monoisotopic (exact) mass is 377 g/mol. The van der Waals surface area contributed by atoms with Crippen LogP contribution in [-0.2, 0) is 9.53 Å². The molecule has 0 radical (unpaired) electrons. The highest BCUT2D eigenvalue weighted by atomic mass is 16.5. The lowest BCUT2D eigenvalue weighted by atomic mass is 9.76. The van der Waals surface area contributed by atoms with E-state index in [2.05, 4.69) is 36.2 Å². The van der Waals surface area contributed by atoms with E-state index in [4.69, 9.17) is 4.74 Å². The fourth-order valence-corrected chi connectivity index (χ4v) is 5.09. The first-order valence-corrected chi connectivity index (χ1v) is 10.0. The minimum atomic E-state index is -0.102. The summed E-state index contributed by atoms with van der Waals surface area (Å²) in [5.41, 5.74) is 4.14. The number of ether oxygens (including phenoxy) is 1. The Morgan fingerprint density at radius 1 is 0.964 bits per heavy atom. The van der Waals surface area contributed by atoms with Gasteiger partial charge in [-0.15, -0.1) is 0 Å². The van der Waals surface area contributed by atoms with Gasteiger partial charge in [-0.25, -0.2) is 0 Å². The van der Waals surface area contributed by atoms with Crippen molar-refractivity contribution in [3.8, 4) is 11.1 Å². The van der Waals surface area contributed by atoms with Crippen LogP contribution in [0.15, 0.2) is 48.5 Å². The zero-order chi connectivity index (χ0) is 19.8. The van der Waals surface area contributed by atoms with Crippen molar-refractivity contribution in [2.45, 2.75) is 44.2 Å². The highest BCUT2D eigenvalue weighted by Crippen LogP contribution is 2.46. The van der Waals surface area contributed by atoms with Crippen LogP contribution in [0.3, 0.4) is 0 Å². The Morgan fingerprint density at radius 2 is 1.57 bits per heavy atom. The van der Waals surface area contributed by atoms with Gasteiger partial charge in [-0.1, -0.05) is 48.5 Å². The summed E-state index contributed by atoms with van der Waals surface area (Å²) in [6.07, 6.45) is 3.23. The van der Waals surface area contributed by atoms with Crippen molar-refractivity contribution in [1.29, 1.82) is 0 Å². The number of benzene rings is 2. The first-order chi connectivity index (χ1) is 13.5. The molecule has 0 spiro atoms. The first kappa shape index (κ1) is 18.9. The van der Waals surface area contributed by atoms with Crippen molar-refractivity contribution in [2.75, 3.05) is 14.2 Å². The molecule has 4 rings (SSSR count). The average Bonchev–Trinajstić information content (AvgIpc) is 2.95. The molecule has 2 saturated heterocycles. The van der Waals surface area contributed by atoms with Gasteiger partial charge in [0.2, 0.25) is 0 Å². The first-order valence-electron chi connectivity index (χ1n) is 10.0. The van der Waals surface area contributed by atoms with E-state index in [9.17, 15) is 9.59 Å². The molecule has 0 saturated carbocycles. The highest BCUT2D eigenvalue weighted by molar-refractivity contribution is 5.94. The van der Waals surface area contributed by atoms with Crippen molar-refractivity contribution in [2.24, 2.45) is 5.92 Å². The Bertz CT molecular complexity index is 872. The number of piperidine rings is 1. The summed E-state index contributed by atoms with van der Waals surface area (Å²) in [4.78, 5) is 26.4. The summed E-state index contributed by atoms with van der Waals surface area (Å²) >= 11 is 0. The van der Waals surface area contributed by atoms with Crippen molar-refractivity contribution < 1.29 is 14.3 Å². The van der Waals surface area contributed by atoms with Gasteiger partial charge in [-0.3, -0.25) is 14.5 Å². The van der Waals surface area contributed by atoms with E-state index < -0.39 is 0 Å². The lowest BCUT2D eigenvalue weighted by Gasteiger charge is -2.41. The topological polar surface area (TPSA) is 46.6 Å². The van der Waals surface area contributed by atoms with Gasteiger partial charge in [0.25, 0.3) is 0 Å². The Kier molecular flexibility index (Phi) is 5.07. The minimum absolute atomic E-state index is 0.0765. The standard InChI is InChI=1S/C24H27NO3/c1-15(26)16-4-6-17(7-5-16)18-8-10-19(11-9-18)21-14-20-12-13-22(25(20)2)23(21)24(27)28-3/h4-11,20-23H,12-14H2,1-3H3/t20-,21?,22+,23?/m1/s1. The van der Waals surface area contributed by atoms with E-state index >= 15 is 0 Å². The van der Waals surface area contributed by atoms with Crippen LogP contribution in [0.1, 0.15) is 48.0 Å². The molecule has 2 aliphatic rings. The molecule has 4 heteroatoms. The van der Waals surface area contributed by atoms with Crippen molar-refractivity contribution in [1.82, 2.24) is 4.90 Å². The van der Waals surface area contributed by atoms with Crippen LogP contribution in [0, 0.1) is 5.92 Å². The summed E-state index contributed by atoms with van der Waals surface area (Å²) in [6, 6.07) is 17.1. The SMILES string of the molecule is COC(=O)C1C(c2ccc(-c3ccc(C(C)=O)cc3)cc2)C[C@H]2CC[C@@H]1N2C. The van der Waals surface area contributed by atoms with Gasteiger partial charge in [0.05, 0.1) is 13.0 Å². The van der Waals surface area contributed by atoms with E-state index in [1.165, 1.54) is 12.7 Å². The average molecular weight is 377 g/mol. The summed E-state index contributed by atoms with van der Waals surface area (Å²) in [6.45, 7) is 1.58. The Balaban J connectivity index is 1.60. The molecule has 2 aromatic rings. The maximum atomic E-state index is 12.6. The van der Waals surface area contributed by atoms with Gasteiger partial charge in [0.15, 0.2) is 5.78 Å². The number of carbonyl (C=O) groups is 2. The van der Waals surface area contributed by atoms with E-state index in [1.54, 1.807) is 6.92 Å². The van der Waals surface area contributed by atoms with Gasteiger partial charge in [0, 0.05) is 23.6 Å². The third-order valence-corrected chi connectivity index (χ3v) is 6.71. The molecule has 2 heterocycles. The van der Waals surface area contributed by atoms with Crippen LogP contribution in [-0.4, -0.2) is 42.9 Å². The second kappa shape index (κ2) is 7.51. The van der Waals surface area contributed by atoms with Crippen molar-refractivity contribution in [3.63, 3.8) is 0 Å². The summed E-state index contributed by atoms with van der Waals surface area (Å²) in [7, 11) is 3.64. The molecule has 2 aliphatic heterocycles. The second-order valence-corrected chi connectivity index (χ2v) is 8.11. The second-order valence-electron chi connectivity index (χ2n) is 8.11.